The highest BCUT2D eigenvalue weighted by molar-refractivity contribution is 9.11. The number of carboxylic acid groups (broad SMARTS) is 1. The fourth-order valence-electron chi connectivity index (χ4n) is 1.86. The Morgan fingerprint density at radius 1 is 1.52 bits per heavy atom. The summed E-state index contributed by atoms with van der Waals surface area (Å²) in [6.45, 7) is 0.162. The molecule has 0 radical (unpaired) electrons. The second kappa shape index (κ2) is 8.06. The average Bonchev–Trinajstić information content (AvgIpc) is 3.08. The van der Waals surface area contributed by atoms with Gasteiger partial charge in [-0.15, -0.1) is 11.3 Å². The fraction of sp³-hybridized carbons (Fsp3) is 0.308. The Kier molecular flexibility index (Phi) is 6.11. The van der Waals surface area contributed by atoms with Gasteiger partial charge in [0.1, 0.15) is 6.33 Å². The van der Waals surface area contributed by atoms with E-state index < -0.39 is 6.09 Å². The lowest BCUT2D eigenvalue weighted by atomic mass is 10.3. The Bertz CT molecular complexity index is 767. The Hall–Kier alpha value is -1.94. The molecule has 7 nitrogen and oxygen atoms in total. The van der Waals surface area contributed by atoms with Crippen molar-refractivity contribution in [1.82, 2.24) is 19.7 Å². The summed E-state index contributed by atoms with van der Waals surface area (Å²) in [4.78, 5) is 23.7. The molecule has 124 valence electrons. The molecule has 1 amide bonds. The van der Waals surface area contributed by atoms with Gasteiger partial charge in [0.2, 0.25) is 0 Å². The molecule has 0 unspecified atom stereocenters. The molecule has 2 aromatic rings. The predicted molar refractivity (Wildman–Crippen MR) is 87.4 cm³/mol. The van der Waals surface area contributed by atoms with Crippen LogP contribution in [0.2, 0.25) is 0 Å². The molecule has 2 N–H and O–H groups in total. The van der Waals surface area contributed by atoms with Gasteiger partial charge in [-0.3, -0.25) is 4.57 Å². The molecule has 10 heteroatoms. The number of nitrogens with zero attached hydrogens (tertiary/aromatic N) is 3. The van der Waals surface area contributed by atoms with Crippen LogP contribution in [-0.4, -0.2) is 32.1 Å². The molecule has 2 aromatic heterocycles. The van der Waals surface area contributed by atoms with Crippen molar-refractivity contribution < 1.29 is 14.3 Å². The van der Waals surface area contributed by atoms with Crippen LogP contribution in [0.25, 0.3) is 0 Å². The Morgan fingerprint density at radius 3 is 2.91 bits per heavy atom. The number of aryl methyl sites for hydroxylation is 2. The first-order chi connectivity index (χ1) is 11.0. The smallest absolute Gasteiger partial charge is 0.404 e. The maximum Gasteiger partial charge on any atom is 0.404 e. The van der Waals surface area contributed by atoms with Gasteiger partial charge in [-0.25, -0.2) is 18.7 Å². The van der Waals surface area contributed by atoms with E-state index in [-0.39, 0.29) is 30.7 Å². The normalized spacial score (nSPS) is 11.7. The largest absolute Gasteiger partial charge is 0.465 e. The maximum absolute atomic E-state index is 12.8. The lowest BCUT2D eigenvalue weighted by Gasteiger charge is -2.05. The van der Waals surface area contributed by atoms with E-state index in [2.05, 4.69) is 21.0 Å². The van der Waals surface area contributed by atoms with Gasteiger partial charge < -0.3 is 10.4 Å². The first-order valence-corrected chi connectivity index (χ1v) is 8.22. The topological polar surface area (TPSA) is 89.2 Å². The summed E-state index contributed by atoms with van der Waals surface area (Å²) in [6.07, 6.45) is 1.11. The predicted octanol–water partition coefficient (Wildman–Crippen LogP) is 2.23. The Morgan fingerprint density at radius 2 is 2.30 bits per heavy atom. The van der Waals surface area contributed by atoms with Crippen LogP contribution in [0.1, 0.15) is 4.88 Å². The van der Waals surface area contributed by atoms with Crippen LogP contribution < -0.4 is 11.0 Å². The van der Waals surface area contributed by atoms with Crippen molar-refractivity contribution in [3.8, 4) is 0 Å². The van der Waals surface area contributed by atoms with Crippen LogP contribution in [0.3, 0.4) is 0 Å². The third kappa shape index (κ3) is 5.03. The van der Waals surface area contributed by atoms with Crippen molar-refractivity contribution >= 4 is 33.4 Å². The van der Waals surface area contributed by atoms with Crippen LogP contribution in [0, 0.1) is 0 Å². The summed E-state index contributed by atoms with van der Waals surface area (Å²) in [5.74, 6) is 0. The molecular formula is C13H14BrFN4O3S. The van der Waals surface area contributed by atoms with Crippen LogP contribution >= 0.6 is 27.3 Å². The van der Waals surface area contributed by atoms with Crippen molar-refractivity contribution in [2.45, 2.75) is 19.5 Å². The summed E-state index contributed by atoms with van der Waals surface area (Å²) in [7, 11) is 0. The van der Waals surface area contributed by atoms with E-state index in [0.29, 0.717) is 13.0 Å². The molecule has 2 heterocycles. The summed E-state index contributed by atoms with van der Waals surface area (Å²) in [5, 5.41) is 14.5. The molecule has 0 aromatic carbocycles. The maximum atomic E-state index is 12.8. The second-order valence-corrected chi connectivity index (χ2v) is 7.19. The number of carbonyl (C=O) groups is 1. The minimum absolute atomic E-state index is 0.104. The minimum atomic E-state index is -1.26. The molecule has 0 saturated heterocycles. The number of amides is 1. The van der Waals surface area contributed by atoms with Gasteiger partial charge in [0.15, 0.2) is 0 Å². The van der Waals surface area contributed by atoms with Crippen molar-refractivity contribution in [1.29, 1.82) is 0 Å². The third-order valence-electron chi connectivity index (χ3n) is 3.00. The number of thiophene rings is 1. The summed E-state index contributed by atoms with van der Waals surface area (Å²) in [6, 6.07) is 3.92. The van der Waals surface area contributed by atoms with Gasteiger partial charge >= 0.3 is 11.8 Å². The van der Waals surface area contributed by atoms with Crippen molar-refractivity contribution in [2.75, 3.05) is 6.54 Å². The van der Waals surface area contributed by atoms with E-state index >= 15 is 0 Å². The number of nitrogens with one attached hydrogen (secondary N) is 1. The van der Waals surface area contributed by atoms with Gasteiger partial charge in [0.05, 0.1) is 16.7 Å². The molecule has 0 aliphatic heterocycles. The zero-order chi connectivity index (χ0) is 16.8. The Balaban J connectivity index is 1.98. The highest BCUT2D eigenvalue weighted by Crippen LogP contribution is 2.22. The van der Waals surface area contributed by atoms with E-state index in [1.54, 1.807) is 11.3 Å². The fourth-order valence-corrected chi connectivity index (χ4v) is 3.33. The van der Waals surface area contributed by atoms with E-state index in [0.717, 1.165) is 13.3 Å². The zero-order valence-corrected chi connectivity index (χ0v) is 14.3. The van der Waals surface area contributed by atoms with E-state index in [1.807, 2.05) is 17.4 Å². The van der Waals surface area contributed by atoms with Crippen LogP contribution in [0.4, 0.5) is 9.18 Å². The van der Waals surface area contributed by atoms with Gasteiger partial charge in [-0.05, 0) is 40.1 Å². The minimum Gasteiger partial charge on any atom is -0.465 e. The SMILES string of the molecule is O=C(O)NC/C(=C\F)Cn1ncn(CCc2ccc(Br)s2)c1=O. The molecule has 2 rings (SSSR count). The average molecular weight is 405 g/mol. The molecule has 0 bridgehead atoms. The molecular weight excluding hydrogens is 391 g/mol. The first kappa shape index (κ1) is 17.4. The summed E-state index contributed by atoms with van der Waals surface area (Å²) in [5.41, 5.74) is -0.253. The molecule has 0 aliphatic rings. The molecule has 0 saturated carbocycles. The van der Waals surface area contributed by atoms with Crippen molar-refractivity contribution in [2.24, 2.45) is 0 Å². The summed E-state index contributed by atoms with van der Waals surface area (Å²) >= 11 is 4.98. The number of aromatic nitrogens is 3. The van der Waals surface area contributed by atoms with Crippen LogP contribution in [-0.2, 0) is 19.5 Å². The Labute approximate surface area is 143 Å². The van der Waals surface area contributed by atoms with Crippen molar-refractivity contribution in [3.63, 3.8) is 0 Å². The van der Waals surface area contributed by atoms with Gasteiger partial charge in [0, 0.05) is 18.0 Å². The number of rotatable bonds is 7. The van der Waals surface area contributed by atoms with E-state index in [1.165, 1.54) is 10.9 Å². The third-order valence-corrected chi connectivity index (χ3v) is 4.68. The molecule has 0 aliphatic carbocycles. The number of hydrogen-bond donors (Lipinski definition) is 2. The number of halogens is 2. The van der Waals surface area contributed by atoms with E-state index in [9.17, 15) is 14.0 Å². The van der Waals surface area contributed by atoms with Gasteiger partial charge in [0.25, 0.3) is 0 Å². The lowest BCUT2D eigenvalue weighted by molar-refractivity contribution is 0.195. The molecule has 0 fully saturated rings. The van der Waals surface area contributed by atoms with Gasteiger partial charge in [-0.1, -0.05) is 0 Å². The molecule has 23 heavy (non-hydrogen) atoms. The van der Waals surface area contributed by atoms with Crippen molar-refractivity contribution in [3.05, 3.63) is 49.5 Å². The zero-order valence-electron chi connectivity index (χ0n) is 11.9. The lowest BCUT2D eigenvalue weighted by Crippen LogP contribution is -2.29. The first-order valence-electron chi connectivity index (χ1n) is 6.61. The highest BCUT2D eigenvalue weighted by atomic mass is 79.9. The summed E-state index contributed by atoms with van der Waals surface area (Å²) < 4.78 is 16.3. The van der Waals surface area contributed by atoms with Crippen LogP contribution in [0.5, 0.6) is 0 Å². The van der Waals surface area contributed by atoms with E-state index in [4.69, 9.17) is 5.11 Å². The monoisotopic (exact) mass is 404 g/mol. The van der Waals surface area contributed by atoms with Crippen LogP contribution in [0.15, 0.2) is 38.9 Å². The molecule has 0 atom stereocenters. The number of hydrogen-bond acceptors (Lipinski definition) is 4. The molecule has 0 spiro atoms. The second-order valence-electron chi connectivity index (χ2n) is 4.65. The van der Waals surface area contributed by atoms with Gasteiger partial charge in [-0.2, -0.15) is 5.10 Å². The standard InChI is InChI=1S/C13H14BrFN4O3S/c14-11-2-1-10(23-11)3-4-18-8-17-19(13(18)22)7-9(5-15)6-16-12(20)21/h1-2,5,8,16H,3-4,6-7H2,(H,20,21)/b9-5+. The quantitative estimate of drug-likeness (QED) is 0.740. The highest BCUT2D eigenvalue weighted by Gasteiger charge is 2.09.